The highest BCUT2D eigenvalue weighted by Crippen LogP contribution is 2.25. The topological polar surface area (TPSA) is 83.0 Å². The number of para-hydroxylation sites is 1. The molecule has 1 aromatic carbocycles. The molecule has 0 heterocycles. The second-order valence-electron chi connectivity index (χ2n) is 6.64. The van der Waals surface area contributed by atoms with Crippen molar-refractivity contribution < 1.29 is 17.5 Å². The van der Waals surface area contributed by atoms with E-state index in [1.807, 2.05) is 7.05 Å². The summed E-state index contributed by atoms with van der Waals surface area (Å²) < 4.78 is 45.6. The number of hydrogen-bond acceptors (Lipinski definition) is 4. The van der Waals surface area contributed by atoms with Gasteiger partial charge in [0.05, 0.1) is 12.3 Å². The van der Waals surface area contributed by atoms with Crippen LogP contribution in [0.1, 0.15) is 19.3 Å². The smallest absolute Gasteiger partial charge is 0.213 e. The summed E-state index contributed by atoms with van der Waals surface area (Å²) in [6.45, 7) is 1.54. The van der Waals surface area contributed by atoms with Gasteiger partial charge in [0, 0.05) is 27.2 Å². The molecule has 0 amide bonds. The number of rotatable bonds is 10. The molecule has 1 aliphatic carbocycles. The number of aliphatic imine (C=N–C) groups is 1. The molecule has 2 N–H and O–H groups in total. The zero-order valence-corrected chi connectivity index (χ0v) is 19.5. The predicted octanol–water partition coefficient (Wildman–Crippen LogP) is 2.05. The molecule has 0 atom stereocenters. The zero-order chi connectivity index (χ0) is 19.7. The lowest BCUT2D eigenvalue weighted by molar-refractivity contribution is 0.270. The van der Waals surface area contributed by atoms with Crippen LogP contribution >= 0.6 is 24.0 Å². The normalized spacial score (nSPS) is 14.8. The van der Waals surface area contributed by atoms with Crippen LogP contribution in [0.15, 0.2) is 29.3 Å². The van der Waals surface area contributed by atoms with Gasteiger partial charge in [-0.15, -0.1) is 24.0 Å². The van der Waals surface area contributed by atoms with E-state index in [-0.39, 0.29) is 48.6 Å². The molecule has 0 aromatic heterocycles. The van der Waals surface area contributed by atoms with E-state index >= 15 is 0 Å². The third-order valence-electron chi connectivity index (χ3n) is 4.56. The van der Waals surface area contributed by atoms with E-state index in [0.29, 0.717) is 25.0 Å². The van der Waals surface area contributed by atoms with Crippen LogP contribution in [0.5, 0.6) is 5.75 Å². The Balaban J connectivity index is 0.00000392. The van der Waals surface area contributed by atoms with Gasteiger partial charge in [-0.05, 0) is 30.9 Å². The molecule has 1 aromatic rings. The molecule has 28 heavy (non-hydrogen) atoms. The van der Waals surface area contributed by atoms with E-state index in [2.05, 4.69) is 15.0 Å². The highest BCUT2D eigenvalue weighted by Gasteiger charge is 2.20. The molecule has 0 saturated heterocycles. The van der Waals surface area contributed by atoms with E-state index in [0.717, 1.165) is 12.8 Å². The molecule has 7 nitrogen and oxygen atoms in total. The van der Waals surface area contributed by atoms with E-state index < -0.39 is 15.8 Å². The quantitative estimate of drug-likeness (QED) is 0.276. The maximum atomic E-state index is 13.5. The summed E-state index contributed by atoms with van der Waals surface area (Å²) in [4.78, 5) is 5.93. The second-order valence-corrected chi connectivity index (χ2v) is 8.57. The van der Waals surface area contributed by atoms with Gasteiger partial charge < -0.3 is 15.0 Å². The Hall–Kier alpha value is -1.14. The van der Waals surface area contributed by atoms with Gasteiger partial charge in [-0.2, -0.15) is 0 Å². The molecular weight excluding hydrogens is 498 g/mol. The zero-order valence-electron chi connectivity index (χ0n) is 16.4. The fourth-order valence-corrected chi connectivity index (χ4v) is 3.66. The Morgan fingerprint density at radius 2 is 2.07 bits per heavy atom. The molecule has 0 unspecified atom stereocenters. The molecular formula is C18H30FIN4O3S. The molecule has 0 radical (unpaired) electrons. The minimum absolute atomic E-state index is 0. The minimum Gasteiger partial charge on any atom is -0.489 e. The standard InChI is InChI=1S/C18H29FN4O3S.HI/c1-20-18(21-10-13-27(24,25)22-14-15-6-5-7-15)23(2)11-12-26-17-9-4-3-8-16(17)19;/h3-4,8-9,15,22H,5-7,10-14H2,1-2H3,(H,20,21);1H. The van der Waals surface area contributed by atoms with Crippen LogP contribution in [0.4, 0.5) is 4.39 Å². The van der Waals surface area contributed by atoms with E-state index in [9.17, 15) is 12.8 Å². The summed E-state index contributed by atoms with van der Waals surface area (Å²) >= 11 is 0. The van der Waals surface area contributed by atoms with Gasteiger partial charge in [0.1, 0.15) is 6.61 Å². The summed E-state index contributed by atoms with van der Waals surface area (Å²) in [7, 11) is 0.141. The third kappa shape index (κ3) is 8.48. The summed E-state index contributed by atoms with van der Waals surface area (Å²) in [5.74, 6) is 0.834. The van der Waals surface area contributed by atoms with Crippen LogP contribution in [0, 0.1) is 11.7 Å². The molecule has 1 aliphatic rings. The molecule has 0 spiro atoms. The molecule has 10 heteroatoms. The number of nitrogens with one attached hydrogen (secondary N) is 2. The Kier molecular flexibility index (Phi) is 11.1. The molecule has 0 bridgehead atoms. The van der Waals surface area contributed by atoms with Crippen molar-refractivity contribution in [3.63, 3.8) is 0 Å². The fourth-order valence-electron chi connectivity index (χ4n) is 2.66. The molecule has 160 valence electrons. The second kappa shape index (κ2) is 12.4. The average molecular weight is 528 g/mol. The first-order chi connectivity index (χ1) is 12.9. The maximum Gasteiger partial charge on any atom is 0.213 e. The van der Waals surface area contributed by atoms with Gasteiger partial charge in [0.2, 0.25) is 10.0 Å². The van der Waals surface area contributed by atoms with E-state index in [4.69, 9.17) is 4.74 Å². The van der Waals surface area contributed by atoms with Crippen LogP contribution in [-0.4, -0.2) is 65.4 Å². The number of hydrogen-bond donors (Lipinski definition) is 2. The van der Waals surface area contributed by atoms with Crippen molar-refractivity contribution in [1.82, 2.24) is 14.9 Å². The number of likely N-dealkylation sites (N-methyl/N-ethyl adjacent to an activating group) is 1. The number of ether oxygens (including phenoxy) is 1. The van der Waals surface area contributed by atoms with Gasteiger partial charge >= 0.3 is 0 Å². The minimum atomic E-state index is -3.29. The van der Waals surface area contributed by atoms with Crippen LogP contribution in [-0.2, 0) is 10.0 Å². The Bertz CT molecular complexity index is 729. The number of guanidine groups is 1. The molecule has 2 rings (SSSR count). The third-order valence-corrected chi connectivity index (χ3v) is 5.91. The highest BCUT2D eigenvalue weighted by molar-refractivity contribution is 14.0. The van der Waals surface area contributed by atoms with E-state index in [1.165, 1.54) is 12.5 Å². The van der Waals surface area contributed by atoms with Crippen molar-refractivity contribution in [3.8, 4) is 5.75 Å². The molecule has 1 fully saturated rings. The van der Waals surface area contributed by atoms with Crippen LogP contribution < -0.4 is 14.8 Å². The van der Waals surface area contributed by atoms with Crippen LogP contribution in [0.3, 0.4) is 0 Å². The monoisotopic (exact) mass is 528 g/mol. The van der Waals surface area contributed by atoms with Gasteiger partial charge in [-0.1, -0.05) is 18.6 Å². The first-order valence-corrected chi connectivity index (χ1v) is 10.8. The van der Waals surface area contributed by atoms with E-state index in [1.54, 1.807) is 30.1 Å². The lowest BCUT2D eigenvalue weighted by atomic mass is 9.86. The van der Waals surface area contributed by atoms with Crippen LogP contribution in [0.2, 0.25) is 0 Å². The number of benzene rings is 1. The van der Waals surface area contributed by atoms with Gasteiger partial charge in [-0.3, -0.25) is 4.99 Å². The Morgan fingerprint density at radius 1 is 1.36 bits per heavy atom. The first kappa shape index (κ1) is 24.9. The summed E-state index contributed by atoms with van der Waals surface area (Å²) in [6, 6.07) is 6.24. The first-order valence-electron chi connectivity index (χ1n) is 9.17. The summed E-state index contributed by atoms with van der Waals surface area (Å²) in [5.41, 5.74) is 0. The fraction of sp³-hybridized carbons (Fsp3) is 0.611. The number of halogens is 2. The SMILES string of the molecule is CN=C(NCCS(=O)(=O)NCC1CCC1)N(C)CCOc1ccccc1F.I. The van der Waals surface area contributed by atoms with Crippen LogP contribution in [0.25, 0.3) is 0 Å². The summed E-state index contributed by atoms with van der Waals surface area (Å²) in [5, 5.41) is 3.03. The van der Waals surface area contributed by atoms with Gasteiger partial charge in [0.15, 0.2) is 17.5 Å². The van der Waals surface area contributed by atoms with Crippen molar-refractivity contribution in [2.24, 2.45) is 10.9 Å². The van der Waals surface area contributed by atoms with Gasteiger partial charge in [0.25, 0.3) is 0 Å². The maximum absolute atomic E-state index is 13.5. The van der Waals surface area contributed by atoms with Crippen molar-refractivity contribution in [2.45, 2.75) is 19.3 Å². The van der Waals surface area contributed by atoms with Crippen molar-refractivity contribution >= 4 is 40.0 Å². The molecule has 1 saturated carbocycles. The highest BCUT2D eigenvalue weighted by atomic mass is 127. The Labute approximate surface area is 184 Å². The molecule has 0 aliphatic heterocycles. The summed E-state index contributed by atoms with van der Waals surface area (Å²) in [6.07, 6.45) is 3.40. The number of nitrogens with zero attached hydrogens (tertiary/aromatic N) is 2. The van der Waals surface area contributed by atoms with Gasteiger partial charge in [-0.25, -0.2) is 17.5 Å². The largest absolute Gasteiger partial charge is 0.489 e. The Morgan fingerprint density at radius 3 is 2.68 bits per heavy atom. The lowest BCUT2D eigenvalue weighted by Crippen LogP contribution is -2.44. The predicted molar refractivity (Wildman–Crippen MR) is 120 cm³/mol. The number of sulfonamides is 1. The lowest BCUT2D eigenvalue weighted by Gasteiger charge is -2.25. The van der Waals surface area contributed by atoms with Crippen molar-refractivity contribution in [1.29, 1.82) is 0 Å². The average Bonchev–Trinajstić information content (AvgIpc) is 2.58. The van der Waals surface area contributed by atoms with Crippen molar-refractivity contribution in [3.05, 3.63) is 30.1 Å². The van der Waals surface area contributed by atoms with Crippen molar-refractivity contribution in [2.75, 3.05) is 46.1 Å².